The second-order valence-electron chi connectivity index (χ2n) is 3.65. The standard InChI is InChI=1S/C13H13ClO3S/c1-16-9-3-2-4-10(7-9)17-8-11(15)12-5-6-13(14)18-12/h2-7,11,15H,8H2,1H3. The van der Waals surface area contributed by atoms with Gasteiger partial charge in [-0.3, -0.25) is 0 Å². The van der Waals surface area contributed by atoms with Gasteiger partial charge in [0.25, 0.3) is 0 Å². The molecule has 0 aliphatic heterocycles. The quantitative estimate of drug-likeness (QED) is 0.913. The van der Waals surface area contributed by atoms with Gasteiger partial charge >= 0.3 is 0 Å². The third kappa shape index (κ3) is 3.38. The molecule has 1 atom stereocenters. The lowest BCUT2D eigenvalue weighted by atomic mass is 10.3. The molecule has 1 aromatic heterocycles. The molecule has 5 heteroatoms. The minimum Gasteiger partial charge on any atom is -0.497 e. The maximum atomic E-state index is 9.92. The molecule has 96 valence electrons. The van der Waals surface area contributed by atoms with Crippen LogP contribution in [-0.4, -0.2) is 18.8 Å². The number of rotatable bonds is 5. The summed E-state index contributed by atoms with van der Waals surface area (Å²) in [6.07, 6.45) is -0.672. The summed E-state index contributed by atoms with van der Waals surface area (Å²) in [7, 11) is 1.60. The zero-order valence-electron chi connectivity index (χ0n) is 9.80. The molecule has 18 heavy (non-hydrogen) atoms. The van der Waals surface area contributed by atoms with Crippen LogP contribution < -0.4 is 9.47 Å². The summed E-state index contributed by atoms with van der Waals surface area (Å²) < 4.78 is 11.3. The molecule has 1 heterocycles. The molecule has 0 spiro atoms. The molecular weight excluding hydrogens is 272 g/mol. The lowest BCUT2D eigenvalue weighted by Crippen LogP contribution is -2.08. The number of hydrogen-bond acceptors (Lipinski definition) is 4. The van der Waals surface area contributed by atoms with Crippen LogP contribution in [0.3, 0.4) is 0 Å². The fourth-order valence-electron chi connectivity index (χ4n) is 1.46. The summed E-state index contributed by atoms with van der Waals surface area (Å²) in [5.74, 6) is 1.39. The Hall–Kier alpha value is -1.23. The van der Waals surface area contributed by atoms with E-state index in [4.69, 9.17) is 21.1 Å². The van der Waals surface area contributed by atoms with E-state index in [0.29, 0.717) is 10.1 Å². The van der Waals surface area contributed by atoms with Crippen molar-refractivity contribution in [3.63, 3.8) is 0 Å². The van der Waals surface area contributed by atoms with Crippen molar-refractivity contribution in [3.05, 3.63) is 45.6 Å². The molecule has 0 saturated heterocycles. The molecule has 0 saturated carbocycles. The third-order valence-electron chi connectivity index (χ3n) is 2.37. The highest BCUT2D eigenvalue weighted by molar-refractivity contribution is 7.16. The Bertz CT molecular complexity index is 512. The number of thiophene rings is 1. The van der Waals surface area contributed by atoms with Crippen molar-refractivity contribution in [2.45, 2.75) is 6.10 Å². The Morgan fingerprint density at radius 2 is 2.06 bits per heavy atom. The van der Waals surface area contributed by atoms with Crippen LogP contribution in [0.1, 0.15) is 11.0 Å². The van der Waals surface area contributed by atoms with Crippen LogP contribution >= 0.6 is 22.9 Å². The molecule has 2 rings (SSSR count). The van der Waals surface area contributed by atoms with Crippen LogP contribution in [0.5, 0.6) is 11.5 Å². The van der Waals surface area contributed by atoms with Gasteiger partial charge in [0.05, 0.1) is 11.4 Å². The first-order valence-corrected chi connectivity index (χ1v) is 6.58. The maximum absolute atomic E-state index is 9.92. The van der Waals surface area contributed by atoms with Gasteiger partial charge in [-0.15, -0.1) is 11.3 Å². The van der Waals surface area contributed by atoms with Gasteiger partial charge in [0.2, 0.25) is 0 Å². The Labute approximate surface area is 115 Å². The Morgan fingerprint density at radius 1 is 1.28 bits per heavy atom. The molecule has 2 aromatic rings. The summed E-state index contributed by atoms with van der Waals surface area (Å²) in [5.41, 5.74) is 0. The van der Waals surface area contributed by atoms with Crippen molar-refractivity contribution in [2.75, 3.05) is 13.7 Å². The van der Waals surface area contributed by atoms with Crippen LogP contribution in [0.25, 0.3) is 0 Å². The van der Waals surface area contributed by atoms with Gasteiger partial charge in [0.1, 0.15) is 24.2 Å². The second-order valence-corrected chi connectivity index (χ2v) is 5.39. The van der Waals surface area contributed by atoms with E-state index in [1.165, 1.54) is 11.3 Å². The third-order valence-corrected chi connectivity index (χ3v) is 3.70. The normalized spacial score (nSPS) is 12.2. The van der Waals surface area contributed by atoms with Crippen LogP contribution in [-0.2, 0) is 0 Å². The maximum Gasteiger partial charge on any atom is 0.123 e. The van der Waals surface area contributed by atoms with Crippen molar-refractivity contribution in [2.24, 2.45) is 0 Å². The van der Waals surface area contributed by atoms with E-state index in [1.54, 1.807) is 25.3 Å². The van der Waals surface area contributed by atoms with Gasteiger partial charge < -0.3 is 14.6 Å². The fourth-order valence-corrected chi connectivity index (χ4v) is 2.49. The highest BCUT2D eigenvalue weighted by atomic mass is 35.5. The number of aliphatic hydroxyl groups is 1. The van der Waals surface area contributed by atoms with Gasteiger partial charge in [-0.2, -0.15) is 0 Å². The summed E-state index contributed by atoms with van der Waals surface area (Å²) >= 11 is 7.16. The lowest BCUT2D eigenvalue weighted by Gasteiger charge is -2.11. The number of halogens is 1. The zero-order valence-corrected chi connectivity index (χ0v) is 11.4. The number of hydrogen-bond donors (Lipinski definition) is 1. The molecule has 0 aliphatic carbocycles. The van der Waals surface area contributed by atoms with E-state index in [0.717, 1.165) is 10.6 Å². The van der Waals surface area contributed by atoms with Crippen molar-refractivity contribution in [1.82, 2.24) is 0 Å². The largest absolute Gasteiger partial charge is 0.497 e. The van der Waals surface area contributed by atoms with Crippen LogP contribution in [0, 0.1) is 0 Å². The Balaban J connectivity index is 1.94. The first-order chi connectivity index (χ1) is 8.69. The second kappa shape index (κ2) is 6.09. The van der Waals surface area contributed by atoms with Gasteiger partial charge in [0, 0.05) is 10.9 Å². The molecule has 1 N–H and O–H groups in total. The average Bonchev–Trinajstić information content (AvgIpc) is 2.83. The smallest absolute Gasteiger partial charge is 0.123 e. The van der Waals surface area contributed by atoms with Crippen molar-refractivity contribution in [3.8, 4) is 11.5 Å². The van der Waals surface area contributed by atoms with Crippen molar-refractivity contribution >= 4 is 22.9 Å². The molecule has 1 unspecified atom stereocenters. The lowest BCUT2D eigenvalue weighted by molar-refractivity contribution is 0.111. The minimum atomic E-state index is -0.672. The highest BCUT2D eigenvalue weighted by Crippen LogP contribution is 2.27. The molecule has 0 fully saturated rings. The van der Waals surface area contributed by atoms with Gasteiger partial charge in [0.15, 0.2) is 0 Å². The van der Waals surface area contributed by atoms with Crippen LogP contribution in [0.15, 0.2) is 36.4 Å². The number of aliphatic hydroxyl groups excluding tert-OH is 1. The van der Waals surface area contributed by atoms with Gasteiger partial charge in [-0.25, -0.2) is 0 Å². The van der Waals surface area contributed by atoms with Crippen molar-refractivity contribution < 1.29 is 14.6 Å². The minimum absolute atomic E-state index is 0.185. The molecule has 3 nitrogen and oxygen atoms in total. The molecular formula is C13H13ClO3S. The highest BCUT2D eigenvalue weighted by Gasteiger charge is 2.11. The average molecular weight is 285 g/mol. The molecule has 0 aliphatic rings. The van der Waals surface area contributed by atoms with Crippen molar-refractivity contribution in [1.29, 1.82) is 0 Å². The predicted molar refractivity (Wildman–Crippen MR) is 72.8 cm³/mol. The monoisotopic (exact) mass is 284 g/mol. The number of ether oxygens (including phenoxy) is 2. The van der Waals surface area contributed by atoms with E-state index in [-0.39, 0.29) is 6.61 Å². The Morgan fingerprint density at radius 3 is 2.72 bits per heavy atom. The summed E-state index contributed by atoms with van der Waals surface area (Å²) in [4.78, 5) is 0.794. The molecule has 0 radical (unpaired) electrons. The van der Waals surface area contributed by atoms with E-state index in [1.807, 2.05) is 18.2 Å². The van der Waals surface area contributed by atoms with Gasteiger partial charge in [-0.05, 0) is 24.3 Å². The summed E-state index contributed by atoms with van der Waals surface area (Å²) in [6.45, 7) is 0.185. The number of benzene rings is 1. The van der Waals surface area contributed by atoms with E-state index < -0.39 is 6.10 Å². The fraction of sp³-hybridized carbons (Fsp3) is 0.231. The topological polar surface area (TPSA) is 38.7 Å². The molecule has 0 amide bonds. The molecule has 1 aromatic carbocycles. The van der Waals surface area contributed by atoms with E-state index >= 15 is 0 Å². The first-order valence-electron chi connectivity index (χ1n) is 5.39. The zero-order chi connectivity index (χ0) is 13.0. The summed E-state index contributed by atoms with van der Waals surface area (Å²) in [6, 6.07) is 10.8. The summed E-state index contributed by atoms with van der Waals surface area (Å²) in [5, 5.41) is 9.92. The van der Waals surface area contributed by atoms with E-state index in [2.05, 4.69) is 0 Å². The van der Waals surface area contributed by atoms with E-state index in [9.17, 15) is 5.11 Å². The molecule has 0 bridgehead atoms. The predicted octanol–water partition coefficient (Wildman–Crippen LogP) is 3.52. The number of methoxy groups -OCH3 is 1. The van der Waals surface area contributed by atoms with Gasteiger partial charge in [-0.1, -0.05) is 17.7 Å². The Kier molecular flexibility index (Phi) is 4.47. The first kappa shape index (κ1) is 13.2. The van der Waals surface area contributed by atoms with Crippen LogP contribution in [0.2, 0.25) is 4.34 Å². The SMILES string of the molecule is COc1cccc(OCC(O)c2ccc(Cl)s2)c1. The van der Waals surface area contributed by atoms with Crippen LogP contribution in [0.4, 0.5) is 0 Å².